The van der Waals surface area contributed by atoms with Gasteiger partial charge in [0.15, 0.2) is 6.61 Å². The minimum Gasteiger partial charge on any atom is -0.490 e. The van der Waals surface area contributed by atoms with E-state index in [2.05, 4.69) is 41.2 Å². The standard InChI is InChI=1S/C21H26N2O2/c1-2-21(22-25-17-16-24-20-8-4-3-5-9-20)18-10-12-19(13-11-18)23-14-6-7-15-23/h3-5,8-13H,2,6-7,14-17H2,1H3. The molecule has 1 saturated heterocycles. The Morgan fingerprint density at radius 1 is 0.960 bits per heavy atom. The van der Waals surface area contributed by atoms with Crippen LogP contribution in [0.15, 0.2) is 59.8 Å². The molecule has 0 bridgehead atoms. The van der Waals surface area contributed by atoms with Gasteiger partial charge in [-0.3, -0.25) is 0 Å². The summed E-state index contributed by atoms with van der Waals surface area (Å²) in [6.45, 7) is 5.34. The van der Waals surface area contributed by atoms with Crippen LogP contribution >= 0.6 is 0 Å². The molecular formula is C21H26N2O2. The molecule has 0 aliphatic carbocycles. The van der Waals surface area contributed by atoms with E-state index in [1.165, 1.54) is 31.6 Å². The molecule has 0 saturated carbocycles. The summed E-state index contributed by atoms with van der Waals surface area (Å²) in [5, 5.41) is 4.29. The van der Waals surface area contributed by atoms with Gasteiger partial charge in [0.05, 0.1) is 5.71 Å². The second kappa shape index (κ2) is 9.11. The molecule has 25 heavy (non-hydrogen) atoms. The molecule has 0 spiro atoms. The van der Waals surface area contributed by atoms with Gasteiger partial charge in [0.2, 0.25) is 0 Å². The summed E-state index contributed by atoms with van der Waals surface area (Å²) in [5.74, 6) is 0.850. The zero-order valence-electron chi connectivity index (χ0n) is 14.9. The summed E-state index contributed by atoms with van der Waals surface area (Å²) < 4.78 is 5.60. The number of nitrogens with zero attached hydrogens (tertiary/aromatic N) is 2. The normalized spacial score (nSPS) is 14.6. The van der Waals surface area contributed by atoms with Crippen molar-refractivity contribution >= 4 is 11.4 Å². The Balaban J connectivity index is 1.49. The van der Waals surface area contributed by atoms with E-state index in [1.807, 2.05) is 30.3 Å². The highest BCUT2D eigenvalue weighted by Gasteiger charge is 2.12. The van der Waals surface area contributed by atoms with Gasteiger partial charge in [0.1, 0.15) is 12.4 Å². The summed E-state index contributed by atoms with van der Waals surface area (Å²) in [6.07, 6.45) is 3.42. The van der Waals surface area contributed by atoms with Gasteiger partial charge in [-0.05, 0) is 49.1 Å². The lowest BCUT2D eigenvalue weighted by Gasteiger charge is -2.17. The highest BCUT2D eigenvalue weighted by molar-refractivity contribution is 6.00. The van der Waals surface area contributed by atoms with Crippen molar-refractivity contribution in [1.82, 2.24) is 0 Å². The minimum absolute atomic E-state index is 0.435. The lowest BCUT2D eigenvalue weighted by Crippen LogP contribution is -2.17. The molecule has 0 N–H and O–H groups in total. The van der Waals surface area contributed by atoms with Crippen molar-refractivity contribution < 1.29 is 9.57 Å². The molecule has 0 amide bonds. The van der Waals surface area contributed by atoms with E-state index in [4.69, 9.17) is 9.57 Å². The van der Waals surface area contributed by atoms with E-state index >= 15 is 0 Å². The first-order chi connectivity index (χ1) is 12.4. The Hall–Kier alpha value is -2.49. The van der Waals surface area contributed by atoms with Crippen LogP contribution in [0, 0.1) is 0 Å². The lowest BCUT2D eigenvalue weighted by molar-refractivity contribution is 0.107. The van der Waals surface area contributed by atoms with E-state index in [0.29, 0.717) is 13.2 Å². The second-order valence-corrected chi connectivity index (χ2v) is 6.13. The molecule has 3 rings (SSSR count). The Morgan fingerprint density at radius 3 is 2.36 bits per heavy atom. The SMILES string of the molecule is CCC(=NOCCOc1ccccc1)c1ccc(N2CCCC2)cc1. The average Bonchev–Trinajstić information content (AvgIpc) is 3.21. The van der Waals surface area contributed by atoms with Gasteiger partial charge >= 0.3 is 0 Å². The van der Waals surface area contributed by atoms with Crippen molar-refractivity contribution in [2.45, 2.75) is 26.2 Å². The summed E-state index contributed by atoms with van der Waals surface area (Å²) in [4.78, 5) is 7.88. The predicted molar refractivity (Wildman–Crippen MR) is 103 cm³/mol. The number of oxime groups is 1. The molecule has 0 unspecified atom stereocenters. The molecule has 0 atom stereocenters. The van der Waals surface area contributed by atoms with Gasteiger partial charge in [-0.1, -0.05) is 42.4 Å². The van der Waals surface area contributed by atoms with E-state index in [-0.39, 0.29) is 0 Å². The third kappa shape index (κ3) is 4.99. The van der Waals surface area contributed by atoms with Crippen molar-refractivity contribution in [3.05, 3.63) is 60.2 Å². The Labute approximate surface area is 150 Å². The van der Waals surface area contributed by atoms with E-state index in [9.17, 15) is 0 Å². The van der Waals surface area contributed by atoms with Gasteiger partial charge in [-0.25, -0.2) is 0 Å². The molecule has 1 aliphatic heterocycles. The monoisotopic (exact) mass is 338 g/mol. The van der Waals surface area contributed by atoms with Crippen LogP contribution in [-0.2, 0) is 4.84 Å². The van der Waals surface area contributed by atoms with Crippen LogP contribution in [0.2, 0.25) is 0 Å². The van der Waals surface area contributed by atoms with E-state index < -0.39 is 0 Å². The fourth-order valence-corrected chi connectivity index (χ4v) is 3.00. The Morgan fingerprint density at radius 2 is 1.68 bits per heavy atom. The van der Waals surface area contributed by atoms with Gasteiger partial charge < -0.3 is 14.5 Å². The van der Waals surface area contributed by atoms with Crippen LogP contribution < -0.4 is 9.64 Å². The van der Waals surface area contributed by atoms with Crippen LogP contribution in [0.3, 0.4) is 0 Å². The summed E-state index contributed by atoms with van der Waals surface area (Å²) in [6, 6.07) is 18.4. The topological polar surface area (TPSA) is 34.1 Å². The molecule has 4 nitrogen and oxygen atoms in total. The highest BCUT2D eigenvalue weighted by Crippen LogP contribution is 2.21. The van der Waals surface area contributed by atoms with Gasteiger partial charge in [-0.15, -0.1) is 0 Å². The quantitative estimate of drug-likeness (QED) is 0.404. The molecule has 1 fully saturated rings. The van der Waals surface area contributed by atoms with Crippen LogP contribution in [0.1, 0.15) is 31.7 Å². The molecule has 1 aliphatic rings. The van der Waals surface area contributed by atoms with Gasteiger partial charge in [0, 0.05) is 18.8 Å². The number of para-hydroxylation sites is 1. The Kier molecular flexibility index (Phi) is 6.32. The molecule has 0 aromatic heterocycles. The summed E-state index contributed by atoms with van der Waals surface area (Å²) in [7, 11) is 0. The molecule has 1 heterocycles. The number of hydrogen-bond acceptors (Lipinski definition) is 4. The molecule has 4 heteroatoms. The van der Waals surface area contributed by atoms with Crippen molar-refractivity contribution in [2.75, 3.05) is 31.2 Å². The average molecular weight is 338 g/mol. The predicted octanol–water partition coefficient (Wildman–Crippen LogP) is 4.50. The fraction of sp³-hybridized carbons (Fsp3) is 0.381. The number of hydrogen-bond donors (Lipinski definition) is 0. The molecule has 0 radical (unpaired) electrons. The molecular weight excluding hydrogens is 312 g/mol. The first-order valence-corrected chi connectivity index (χ1v) is 9.09. The maximum Gasteiger partial charge on any atom is 0.151 e. The van der Waals surface area contributed by atoms with Crippen molar-refractivity contribution in [3.63, 3.8) is 0 Å². The maximum atomic E-state index is 5.60. The van der Waals surface area contributed by atoms with Crippen molar-refractivity contribution in [2.24, 2.45) is 5.16 Å². The molecule has 2 aromatic rings. The maximum absolute atomic E-state index is 5.60. The third-order valence-corrected chi connectivity index (χ3v) is 4.37. The highest BCUT2D eigenvalue weighted by atomic mass is 16.6. The smallest absolute Gasteiger partial charge is 0.151 e. The van der Waals surface area contributed by atoms with Crippen LogP contribution in [0.25, 0.3) is 0 Å². The largest absolute Gasteiger partial charge is 0.490 e. The van der Waals surface area contributed by atoms with E-state index in [0.717, 1.165) is 23.4 Å². The zero-order valence-corrected chi connectivity index (χ0v) is 14.9. The first kappa shape index (κ1) is 17.3. The zero-order chi connectivity index (χ0) is 17.3. The molecule has 2 aromatic carbocycles. The van der Waals surface area contributed by atoms with Gasteiger partial charge in [-0.2, -0.15) is 0 Å². The first-order valence-electron chi connectivity index (χ1n) is 9.09. The van der Waals surface area contributed by atoms with Crippen molar-refractivity contribution in [1.29, 1.82) is 0 Å². The lowest BCUT2D eigenvalue weighted by atomic mass is 10.1. The number of ether oxygens (including phenoxy) is 1. The van der Waals surface area contributed by atoms with Crippen LogP contribution in [0.4, 0.5) is 5.69 Å². The summed E-state index contributed by atoms with van der Waals surface area (Å²) >= 11 is 0. The number of rotatable bonds is 8. The number of anilines is 1. The van der Waals surface area contributed by atoms with Gasteiger partial charge in [0.25, 0.3) is 0 Å². The summed E-state index contributed by atoms with van der Waals surface area (Å²) in [5.41, 5.74) is 3.39. The Bertz CT molecular complexity index is 662. The van der Waals surface area contributed by atoms with Crippen molar-refractivity contribution in [3.8, 4) is 5.75 Å². The van der Waals surface area contributed by atoms with E-state index in [1.54, 1.807) is 0 Å². The molecule has 132 valence electrons. The second-order valence-electron chi connectivity index (χ2n) is 6.13. The van der Waals surface area contributed by atoms with Crippen LogP contribution in [0.5, 0.6) is 5.75 Å². The number of benzene rings is 2. The fourth-order valence-electron chi connectivity index (χ4n) is 3.00. The minimum atomic E-state index is 0.435. The third-order valence-electron chi connectivity index (χ3n) is 4.37. The van der Waals surface area contributed by atoms with Crippen LogP contribution in [-0.4, -0.2) is 32.0 Å².